The average molecular weight is 453 g/mol. The monoisotopic (exact) mass is 453 g/mol. The predicted octanol–water partition coefficient (Wildman–Crippen LogP) is 4.51. The van der Waals surface area contributed by atoms with E-state index in [0.29, 0.717) is 17.1 Å². The highest BCUT2D eigenvalue weighted by Gasteiger charge is 2.24. The molecule has 2 aromatic heterocycles. The molecule has 0 amide bonds. The van der Waals surface area contributed by atoms with Crippen LogP contribution in [0, 0.1) is 59.2 Å². The van der Waals surface area contributed by atoms with Gasteiger partial charge >= 0.3 is 0 Å². The van der Waals surface area contributed by atoms with Gasteiger partial charge in [-0.2, -0.15) is 21.0 Å². The fourth-order valence-corrected chi connectivity index (χ4v) is 3.53. The van der Waals surface area contributed by atoms with Gasteiger partial charge in [0.15, 0.2) is 34.4 Å². The van der Waals surface area contributed by atoms with Crippen LogP contribution in [-0.2, 0) is 0 Å². The van der Waals surface area contributed by atoms with Gasteiger partial charge in [0.2, 0.25) is 0 Å². The molecule has 2 aromatic carbocycles. The molecule has 0 aliphatic rings. The first kappa shape index (κ1) is 22.6. The van der Waals surface area contributed by atoms with E-state index in [1.54, 1.807) is 18.7 Å². The minimum atomic E-state index is -0.140. The van der Waals surface area contributed by atoms with Crippen LogP contribution in [0.15, 0.2) is 54.6 Å². The van der Waals surface area contributed by atoms with Gasteiger partial charge in [-0.3, -0.25) is 4.90 Å². The molecule has 0 atom stereocenters. The number of aromatic nitrogens is 4. The molecule has 0 aliphatic carbocycles. The van der Waals surface area contributed by atoms with E-state index in [4.69, 9.17) is 0 Å². The Morgan fingerprint density at radius 3 is 1.37 bits per heavy atom. The predicted molar refractivity (Wildman–Crippen MR) is 126 cm³/mol. The zero-order valence-corrected chi connectivity index (χ0v) is 18.7. The van der Waals surface area contributed by atoms with Gasteiger partial charge in [-0.25, -0.2) is 19.9 Å². The Balaban J connectivity index is 1.97. The summed E-state index contributed by atoms with van der Waals surface area (Å²) >= 11 is 0. The van der Waals surface area contributed by atoms with Crippen LogP contribution in [0.5, 0.6) is 0 Å². The first-order valence-corrected chi connectivity index (χ1v) is 10.3. The number of benzene rings is 2. The molecule has 164 valence electrons. The van der Waals surface area contributed by atoms with E-state index >= 15 is 0 Å². The molecule has 0 aliphatic heterocycles. The highest BCUT2D eigenvalue weighted by Crippen LogP contribution is 2.36. The Bertz CT molecular complexity index is 1520. The summed E-state index contributed by atoms with van der Waals surface area (Å²) in [6.45, 7) is 3.32. The van der Waals surface area contributed by atoms with Crippen molar-refractivity contribution in [1.29, 1.82) is 21.0 Å². The van der Waals surface area contributed by atoms with Crippen molar-refractivity contribution in [3.05, 3.63) is 88.8 Å². The zero-order chi connectivity index (χ0) is 24.9. The molecule has 0 unspecified atom stereocenters. The number of nitriles is 4. The lowest BCUT2D eigenvalue weighted by Gasteiger charge is -2.25. The van der Waals surface area contributed by atoms with Crippen LogP contribution in [0.4, 0.5) is 17.3 Å². The van der Waals surface area contributed by atoms with E-state index in [9.17, 15) is 21.0 Å². The maximum atomic E-state index is 9.53. The molecule has 9 nitrogen and oxygen atoms in total. The summed E-state index contributed by atoms with van der Waals surface area (Å²) in [5.74, 6) is 0.498. The van der Waals surface area contributed by atoms with Crippen molar-refractivity contribution in [2.24, 2.45) is 0 Å². The Labute approximate surface area is 201 Å². The van der Waals surface area contributed by atoms with Crippen molar-refractivity contribution < 1.29 is 0 Å². The first-order chi connectivity index (χ1) is 17.0. The van der Waals surface area contributed by atoms with E-state index < -0.39 is 0 Å². The molecule has 0 fully saturated rings. The number of anilines is 3. The highest BCUT2D eigenvalue weighted by molar-refractivity contribution is 5.77. The van der Waals surface area contributed by atoms with Gasteiger partial charge in [0.05, 0.1) is 11.4 Å². The molecule has 4 aromatic rings. The van der Waals surface area contributed by atoms with Crippen molar-refractivity contribution in [2.75, 3.05) is 4.90 Å². The van der Waals surface area contributed by atoms with Crippen LogP contribution in [0.25, 0.3) is 11.1 Å². The lowest BCUT2D eigenvalue weighted by molar-refractivity contribution is 0.985. The topological polar surface area (TPSA) is 150 Å². The van der Waals surface area contributed by atoms with Gasteiger partial charge in [0, 0.05) is 5.69 Å². The van der Waals surface area contributed by atoms with Crippen LogP contribution >= 0.6 is 0 Å². The summed E-state index contributed by atoms with van der Waals surface area (Å²) in [7, 11) is 0. The zero-order valence-electron chi connectivity index (χ0n) is 18.7. The standard InChI is InChI=1S/C26H15N9/c1-16-25(33-23(14-29)21(12-27)31-16)35(26-17(2)32-22(13-28)24(15-30)34-26)20-10-8-19(9-11-20)18-6-4-3-5-7-18/h3-11H,1-2H3. The fourth-order valence-electron chi connectivity index (χ4n) is 3.53. The maximum Gasteiger partial charge on any atom is 0.179 e. The molecule has 0 radical (unpaired) electrons. The van der Waals surface area contributed by atoms with Crippen LogP contribution in [0.2, 0.25) is 0 Å². The smallest absolute Gasteiger partial charge is 0.179 e. The van der Waals surface area contributed by atoms with Crippen LogP contribution < -0.4 is 4.90 Å². The second-order valence-electron chi connectivity index (χ2n) is 7.36. The molecule has 0 N–H and O–H groups in total. The lowest BCUT2D eigenvalue weighted by Crippen LogP contribution is -2.19. The molecular formula is C26H15N9. The highest BCUT2D eigenvalue weighted by atomic mass is 15.3. The summed E-state index contributed by atoms with van der Waals surface area (Å²) in [5, 5.41) is 37.7. The van der Waals surface area contributed by atoms with Crippen molar-refractivity contribution in [3.63, 3.8) is 0 Å². The molecule has 0 saturated heterocycles. The van der Waals surface area contributed by atoms with Gasteiger partial charge in [-0.1, -0.05) is 42.5 Å². The fraction of sp³-hybridized carbons (Fsp3) is 0.0769. The molecule has 0 spiro atoms. The maximum absolute atomic E-state index is 9.53. The molecule has 2 heterocycles. The number of nitrogens with zero attached hydrogens (tertiary/aromatic N) is 9. The van der Waals surface area contributed by atoms with E-state index in [-0.39, 0.29) is 34.4 Å². The molecule has 9 heteroatoms. The SMILES string of the molecule is Cc1nc(C#N)c(C#N)nc1N(c1ccc(-c2ccccc2)cc1)c1nc(C#N)c(C#N)nc1C. The van der Waals surface area contributed by atoms with Crippen LogP contribution in [0.1, 0.15) is 34.2 Å². The minimum Gasteiger partial charge on any atom is -0.276 e. The Hall–Kier alpha value is -5.64. The summed E-state index contributed by atoms with van der Waals surface area (Å²) in [6, 6.07) is 25.0. The molecule has 35 heavy (non-hydrogen) atoms. The quantitative estimate of drug-likeness (QED) is 0.435. The van der Waals surface area contributed by atoms with Crippen molar-refractivity contribution in [1.82, 2.24) is 19.9 Å². The van der Waals surface area contributed by atoms with E-state index in [2.05, 4.69) is 19.9 Å². The van der Waals surface area contributed by atoms with Gasteiger partial charge in [-0.15, -0.1) is 0 Å². The average Bonchev–Trinajstić information content (AvgIpc) is 2.90. The van der Waals surface area contributed by atoms with E-state index in [1.165, 1.54) is 0 Å². The van der Waals surface area contributed by atoms with Gasteiger partial charge < -0.3 is 0 Å². The number of hydrogen-bond acceptors (Lipinski definition) is 9. The molecule has 4 rings (SSSR count). The normalized spacial score (nSPS) is 9.89. The minimum absolute atomic E-state index is 0.0894. The van der Waals surface area contributed by atoms with Crippen LogP contribution in [-0.4, -0.2) is 19.9 Å². The molecular weight excluding hydrogens is 438 g/mol. The molecule has 0 saturated carbocycles. The van der Waals surface area contributed by atoms with Crippen molar-refractivity contribution >= 4 is 17.3 Å². The summed E-state index contributed by atoms with van der Waals surface area (Å²) < 4.78 is 0. The number of aryl methyl sites for hydroxylation is 2. The van der Waals surface area contributed by atoms with E-state index in [0.717, 1.165) is 11.1 Å². The lowest BCUT2D eigenvalue weighted by atomic mass is 10.1. The number of hydrogen-bond donors (Lipinski definition) is 0. The summed E-state index contributed by atoms with van der Waals surface area (Å²) in [6.07, 6.45) is 0. The van der Waals surface area contributed by atoms with Crippen molar-refractivity contribution in [2.45, 2.75) is 13.8 Å². The first-order valence-electron chi connectivity index (χ1n) is 10.3. The van der Waals surface area contributed by atoms with Crippen molar-refractivity contribution in [3.8, 4) is 35.4 Å². The largest absolute Gasteiger partial charge is 0.276 e. The second kappa shape index (κ2) is 9.46. The third kappa shape index (κ3) is 4.22. The summed E-state index contributed by atoms with van der Waals surface area (Å²) in [5.41, 5.74) is 2.91. The third-order valence-corrected chi connectivity index (χ3v) is 5.17. The Kier molecular flexibility index (Phi) is 6.10. The second-order valence-corrected chi connectivity index (χ2v) is 7.36. The van der Waals surface area contributed by atoms with Gasteiger partial charge in [0.1, 0.15) is 24.3 Å². The summed E-state index contributed by atoms with van der Waals surface area (Å²) in [4.78, 5) is 18.9. The molecule has 0 bridgehead atoms. The third-order valence-electron chi connectivity index (χ3n) is 5.17. The Morgan fingerprint density at radius 2 is 0.943 bits per heavy atom. The van der Waals surface area contributed by atoms with Crippen LogP contribution in [0.3, 0.4) is 0 Å². The van der Waals surface area contributed by atoms with Gasteiger partial charge in [-0.05, 0) is 37.1 Å². The van der Waals surface area contributed by atoms with E-state index in [1.807, 2.05) is 78.9 Å². The Morgan fingerprint density at radius 1 is 0.543 bits per heavy atom. The number of rotatable bonds is 4. The van der Waals surface area contributed by atoms with Gasteiger partial charge in [0.25, 0.3) is 0 Å².